The van der Waals surface area contributed by atoms with E-state index in [1.54, 1.807) is 10.7 Å². The highest BCUT2D eigenvalue weighted by molar-refractivity contribution is 5.74. The molecule has 1 N–H and O–H groups in total. The molecule has 7 nitrogen and oxygen atoms in total. The van der Waals surface area contributed by atoms with Crippen molar-refractivity contribution in [3.8, 4) is 0 Å². The monoisotopic (exact) mass is 359 g/mol. The fraction of sp³-hybridized carbons (Fsp3) is 0.444. The Balaban J connectivity index is 1.52. The number of halogens is 1. The van der Waals surface area contributed by atoms with E-state index < -0.39 is 0 Å². The van der Waals surface area contributed by atoms with Crippen molar-refractivity contribution in [1.29, 1.82) is 0 Å². The summed E-state index contributed by atoms with van der Waals surface area (Å²) in [5, 5.41) is 7.49. The van der Waals surface area contributed by atoms with E-state index in [9.17, 15) is 4.39 Å². The molecule has 2 atom stereocenters. The molecule has 1 aliphatic heterocycles. The summed E-state index contributed by atoms with van der Waals surface area (Å²) in [5.74, 6) is -0.330. The van der Waals surface area contributed by atoms with E-state index in [2.05, 4.69) is 27.2 Å². The molecule has 0 radical (unpaired) electrons. The number of aryl methyl sites for hydroxylation is 1. The van der Waals surface area contributed by atoms with Crippen LogP contribution in [0.1, 0.15) is 18.5 Å². The van der Waals surface area contributed by atoms with Crippen LogP contribution in [0.5, 0.6) is 0 Å². The summed E-state index contributed by atoms with van der Waals surface area (Å²) in [6.45, 7) is 5.17. The maximum absolute atomic E-state index is 13.3. The van der Waals surface area contributed by atoms with E-state index in [0.717, 1.165) is 18.7 Å². The van der Waals surface area contributed by atoms with Crippen molar-refractivity contribution in [2.24, 2.45) is 7.05 Å². The van der Waals surface area contributed by atoms with Crippen LogP contribution in [0.4, 0.5) is 10.4 Å². The van der Waals surface area contributed by atoms with Crippen molar-refractivity contribution >= 4 is 17.1 Å². The summed E-state index contributed by atoms with van der Waals surface area (Å²) in [5.41, 5.74) is 2.17. The standard InChI is InChI=1S/C18H22FN5O2/c1-3-24-6-7-25-16(17(24)12-9-21-23(2)11-12)10-20-18-22-14-8-13(19)4-5-15(14)26-18/h4-5,8-9,11,16-17H,3,6-7,10H2,1-2H3,(H,20,22)/t16-,17-/m0/s1. The molecular formula is C18H22FN5O2. The molecule has 138 valence electrons. The zero-order chi connectivity index (χ0) is 18.1. The van der Waals surface area contributed by atoms with Gasteiger partial charge >= 0.3 is 0 Å². The number of nitrogens with one attached hydrogen (secondary N) is 1. The van der Waals surface area contributed by atoms with Crippen molar-refractivity contribution < 1.29 is 13.5 Å². The third-order valence-corrected chi connectivity index (χ3v) is 4.73. The van der Waals surface area contributed by atoms with Crippen molar-refractivity contribution in [3.63, 3.8) is 0 Å². The largest absolute Gasteiger partial charge is 0.424 e. The van der Waals surface area contributed by atoms with E-state index in [4.69, 9.17) is 9.15 Å². The molecule has 1 fully saturated rings. The number of fused-ring (bicyclic) bond motifs is 1. The first-order chi connectivity index (χ1) is 12.6. The molecule has 0 spiro atoms. The average Bonchev–Trinajstić information content (AvgIpc) is 3.24. The molecule has 1 aliphatic rings. The van der Waals surface area contributed by atoms with Gasteiger partial charge in [0.25, 0.3) is 6.01 Å². The van der Waals surface area contributed by atoms with Crippen LogP contribution < -0.4 is 5.32 Å². The summed E-state index contributed by atoms with van der Waals surface area (Å²) >= 11 is 0. The lowest BCUT2D eigenvalue weighted by molar-refractivity contribution is -0.0641. The number of hydrogen-bond acceptors (Lipinski definition) is 6. The van der Waals surface area contributed by atoms with E-state index in [0.29, 0.717) is 30.3 Å². The quantitative estimate of drug-likeness (QED) is 0.755. The molecule has 0 saturated carbocycles. The van der Waals surface area contributed by atoms with Crippen LogP contribution in [-0.4, -0.2) is 52.0 Å². The van der Waals surface area contributed by atoms with Gasteiger partial charge in [-0.3, -0.25) is 9.58 Å². The molecule has 8 heteroatoms. The number of rotatable bonds is 5. The minimum absolute atomic E-state index is 0.0698. The maximum Gasteiger partial charge on any atom is 0.295 e. The van der Waals surface area contributed by atoms with Crippen molar-refractivity contribution in [3.05, 3.63) is 42.0 Å². The molecule has 0 amide bonds. The van der Waals surface area contributed by atoms with Gasteiger partial charge in [-0.2, -0.15) is 10.1 Å². The third-order valence-electron chi connectivity index (χ3n) is 4.73. The highest BCUT2D eigenvalue weighted by Gasteiger charge is 2.33. The van der Waals surface area contributed by atoms with Gasteiger partial charge in [-0.1, -0.05) is 6.92 Å². The van der Waals surface area contributed by atoms with Crippen LogP contribution in [0, 0.1) is 5.82 Å². The molecule has 3 heterocycles. The predicted octanol–water partition coefficient (Wildman–Crippen LogP) is 2.57. The van der Waals surface area contributed by atoms with Crippen LogP contribution >= 0.6 is 0 Å². The Bertz CT molecular complexity index is 893. The lowest BCUT2D eigenvalue weighted by Crippen LogP contribution is -2.47. The van der Waals surface area contributed by atoms with Crippen molar-refractivity contribution in [2.75, 3.05) is 31.6 Å². The van der Waals surface area contributed by atoms with Gasteiger partial charge in [-0.15, -0.1) is 0 Å². The Morgan fingerprint density at radius 2 is 2.27 bits per heavy atom. The minimum Gasteiger partial charge on any atom is -0.424 e. The molecule has 3 aromatic rings. The van der Waals surface area contributed by atoms with Crippen molar-refractivity contribution in [1.82, 2.24) is 19.7 Å². The van der Waals surface area contributed by atoms with E-state index in [1.807, 2.05) is 19.4 Å². The van der Waals surface area contributed by atoms with Crippen LogP contribution in [0.2, 0.25) is 0 Å². The first kappa shape index (κ1) is 17.0. The number of nitrogens with zero attached hydrogens (tertiary/aromatic N) is 4. The smallest absolute Gasteiger partial charge is 0.295 e. The SMILES string of the molecule is CCN1CCO[C@@H](CNc2nc3cc(F)ccc3o2)[C@@H]1c1cnn(C)c1. The number of aromatic nitrogens is 3. The van der Waals surface area contributed by atoms with Gasteiger partial charge in [0.2, 0.25) is 0 Å². The summed E-state index contributed by atoms with van der Waals surface area (Å²) in [6.07, 6.45) is 3.84. The Morgan fingerprint density at radius 1 is 1.38 bits per heavy atom. The first-order valence-electron chi connectivity index (χ1n) is 8.78. The van der Waals surface area contributed by atoms with Gasteiger partial charge in [0, 0.05) is 38.0 Å². The molecule has 2 aromatic heterocycles. The third kappa shape index (κ3) is 3.30. The Labute approximate surface area is 150 Å². The lowest BCUT2D eigenvalue weighted by Gasteiger charge is -2.40. The maximum atomic E-state index is 13.3. The fourth-order valence-corrected chi connectivity index (χ4v) is 3.49. The second kappa shape index (κ2) is 7.05. The minimum atomic E-state index is -0.330. The Kier molecular flexibility index (Phi) is 4.60. The molecular weight excluding hydrogens is 337 g/mol. The average molecular weight is 359 g/mol. The lowest BCUT2D eigenvalue weighted by atomic mass is 10.0. The van der Waals surface area contributed by atoms with Gasteiger partial charge in [0.1, 0.15) is 11.3 Å². The second-order valence-corrected chi connectivity index (χ2v) is 6.44. The number of likely N-dealkylation sites (N-methyl/N-ethyl adjacent to an activating group) is 1. The molecule has 0 aliphatic carbocycles. The van der Waals surface area contributed by atoms with Gasteiger partial charge in [-0.05, 0) is 18.7 Å². The number of ether oxygens (including phenoxy) is 1. The van der Waals surface area contributed by atoms with Crippen LogP contribution in [0.25, 0.3) is 11.1 Å². The Morgan fingerprint density at radius 3 is 3.04 bits per heavy atom. The zero-order valence-electron chi connectivity index (χ0n) is 14.9. The molecule has 1 aromatic carbocycles. The zero-order valence-corrected chi connectivity index (χ0v) is 14.9. The highest BCUT2D eigenvalue weighted by Crippen LogP contribution is 2.29. The van der Waals surface area contributed by atoms with E-state index >= 15 is 0 Å². The molecule has 1 saturated heterocycles. The normalized spacial score (nSPS) is 21.3. The van der Waals surface area contributed by atoms with Gasteiger partial charge in [0.05, 0.1) is 24.9 Å². The summed E-state index contributed by atoms with van der Waals surface area (Å²) in [6, 6.07) is 4.78. The number of anilines is 1. The topological polar surface area (TPSA) is 68.3 Å². The van der Waals surface area contributed by atoms with Crippen molar-refractivity contribution in [2.45, 2.75) is 19.1 Å². The summed E-state index contributed by atoms with van der Waals surface area (Å²) in [4.78, 5) is 6.68. The molecule has 4 rings (SSSR count). The molecule has 0 unspecified atom stereocenters. The van der Waals surface area contributed by atoms with E-state index in [-0.39, 0.29) is 18.0 Å². The first-order valence-corrected chi connectivity index (χ1v) is 8.78. The van der Waals surface area contributed by atoms with Crippen LogP contribution in [0.15, 0.2) is 35.0 Å². The number of oxazole rings is 1. The summed E-state index contributed by atoms with van der Waals surface area (Å²) < 4.78 is 26.8. The van der Waals surface area contributed by atoms with Gasteiger partial charge in [0.15, 0.2) is 5.58 Å². The molecule has 26 heavy (non-hydrogen) atoms. The number of morpholine rings is 1. The predicted molar refractivity (Wildman–Crippen MR) is 95.4 cm³/mol. The molecule has 0 bridgehead atoms. The summed E-state index contributed by atoms with van der Waals surface area (Å²) in [7, 11) is 1.91. The van der Waals surface area contributed by atoms with E-state index in [1.165, 1.54) is 12.1 Å². The number of hydrogen-bond donors (Lipinski definition) is 1. The highest BCUT2D eigenvalue weighted by atomic mass is 19.1. The Hall–Kier alpha value is -2.45. The van der Waals surface area contributed by atoms with Gasteiger partial charge in [-0.25, -0.2) is 4.39 Å². The van der Waals surface area contributed by atoms with Crippen LogP contribution in [0.3, 0.4) is 0 Å². The number of benzene rings is 1. The second-order valence-electron chi connectivity index (χ2n) is 6.44. The fourth-order valence-electron chi connectivity index (χ4n) is 3.49. The van der Waals surface area contributed by atoms with Gasteiger partial charge < -0.3 is 14.5 Å². The van der Waals surface area contributed by atoms with Crippen LogP contribution in [-0.2, 0) is 11.8 Å².